The van der Waals surface area contributed by atoms with Crippen LogP contribution in [0.2, 0.25) is 0 Å². The van der Waals surface area contributed by atoms with Crippen molar-refractivity contribution in [3.05, 3.63) is 62.9 Å². The van der Waals surface area contributed by atoms with Crippen LogP contribution in [0, 0.1) is 0 Å². The Morgan fingerprint density at radius 2 is 1.73 bits per heavy atom. The fraction of sp³-hybridized carbons (Fsp3) is 0.176. The summed E-state index contributed by atoms with van der Waals surface area (Å²) >= 11 is 0. The molecule has 0 radical (unpaired) electrons. The number of carbonyl (C=O) groups excluding carboxylic acids is 2. The first-order chi connectivity index (χ1) is 12.3. The molecule has 2 aromatic rings. The molecule has 2 heterocycles. The van der Waals surface area contributed by atoms with E-state index in [-0.39, 0.29) is 5.69 Å². The number of ketones is 1. The zero-order chi connectivity index (χ0) is 19.0. The van der Waals surface area contributed by atoms with Crippen molar-refractivity contribution in [2.45, 2.75) is 5.92 Å². The quantitative estimate of drug-likeness (QED) is 0.703. The molecule has 0 fully saturated rings. The summed E-state index contributed by atoms with van der Waals surface area (Å²) in [4.78, 5) is 49.4. The summed E-state index contributed by atoms with van der Waals surface area (Å²) in [6.45, 7) is 3.65. The second-order valence-corrected chi connectivity index (χ2v) is 5.66. The fourth-order valence-electron chi connectivity index (χ4n) is 2.55. The van der Waals surface area contributed by atoms with Gasteiger partial charge in [0.25, 0.3) is 5.56 Å². The van der Waals surface area contributed by atoms with E-state index in [0.717, 1.165) is 19.8 Å². The minimum absolute atomic E-state index is 0.241. The van der Waals surface area contributed by atoms with Crippen LogP contribution in [-0.4, -0.2) is 44.3 Å². The summed E-state index contributed by atoms with van der Waals surface area (Å²) in [6.07, 6.45) is 2.80. The van der Waals surface area contributed by atoms with Crippen LogP contribution in [0.5, 0.6) is 0 Å². The Balaban J connectivity index is 2.22. The first kappa shape index (κ1) is 17.2. The van der Waals surface area contributed by atoms with E-state index in [1.165, 1.54) is 20.3 Å². The third kappa shape index (κ3) is 2.69. The van der Waals surface area contributed by atoms with Crippen molar-refractivity contribution in [3.63, 3.8) is 0 Å². The molecule has 1 aromatic heterocycles. The number of carbonyl (C=O) groups is 2. The number of hydrogen-bond donors (Lipinski definition) is 0. The molecule has 9 nitrogen and oxygen atoms in total. The van der Waals surface area contributed by atoms with Crippen LogP contribution in [0.4, 0.5) is 0 Å². The Morgan fingerprint density at radius 1 is 1.08 bits per heavy atom. The number of aryl methyl sites for hydroxylation is 1. The first-order valence-electron chi connectivity index (χ1n) is 7.64. The molecular weight excluding hydrogens is 338 g/mol. The Morgan fingerprint density at radius 3 is 2.35 bits per heavy atom. The molecule has 3 rings (SSSR count). The van der Waals surface area contributed by atoms with Gasteiger partial charge in [-0.15, -0.1) is 0 Å². The van der Waals surface area contributed by atoms with E-state index in [4.69, 9.17) is 0 Å². The van der Waals surface area contributed by atoms with Gasteiger partial charge in [0.1, 0.15) is 11.6 Å². The second kappa shape index (κ2) is 6.36. The summed E-state index contributed by atoms with van der Waals surface area (Å²) < 4.78 is 1.85. The molecule has 0 saturated carbocycles. The van der Waals surface area contributed by atoms with Crippen LogP contribution < -0.4 is 11.2 Å². The molecule has 1 amide bonds. The second-order valence-electron chi connectivity index (χ2n) is 5.66. The highest BCUT2D eigenvalue weighted by Gasteiger charge is 2.35. The molecular formula is C17H15N5O4. The molecule has 0 N–H and O–H groups in total. The predicted molar refractivity (Wildman–Crippen MR) is 94.2 cm³/mol. The van der Waals surface area contributed by atoms with Gasteiger partial charge in [0.2, 0.25) is 5.78 Å². The van der Waals surface area contributed by atoms with Gasteiger partial charge in [-0.3, -0.25) is 14.4 Å². The van der Waals surface area contributed by atoms with Gasteiger partial charge in [-0.05, 0) is 17.7 Å². The van der Waals surface area contributed by atoms with Crippen molar-refractivity contribution < 1.29 is 9.59 Å². The van der Waals surface area contributed by atoms with Crippen LogP contribution in [0.15, 0.2) is 45.5 Å². The van der Waals surface area contributed by atoms with Crippen molar-refractivity contribution in [2.24, 2.45) is 12.1 Å². The number of benzene rings is 1. The zero-order valence-electron chi connectivity index (χ0n) is 14.1. The SMILES string of the molecule is C=Cc1ccc(-n2c(=O)c(C3C=NN(C)C(=O)C3=O)nn(C)c2=O)cc1. The summed E-state index contributed by atoms with van der Waals surface area (Å²) in [7, 11) is 2.69. The molecule has 1 atom stereocenters. The highest BCUT2D eigenvalue weighted by atomic mass is 16.2. The van der Waals surface area contributed by atoms with E-state index >= 15 is 0 Å². The van der Waals surface area contributed by atoms with E-state index in [2.05, 4.69) is 16.8 Å². The maximum atomic E-state index is 12.9. The normalized spacial score (nSPS) is 16.8. The van der Waals surface area contributed by atoms with Crippen molar-refractivity contribution in [3.8, 4) is 5.69 Å². The predicted octanol–water partition coefficient (Wildman–Crippen LogP) is -0.315. The first-order valence-corrected chi connectivity index (χ1v) is 7.64. The summed E-state index contributed by atoms with van der Waals surface area (Å²) in [6, 6.07) is 6.55. The molecule has 1 aromatic carbocycles. The number of hydrazone groups is 1. The number of hydrogen-bond acceptors (Lipinski definition) is 6. The van der Waals surface area contributed by atoms with E-state index < -0.39 is 28.9 Å². The molecule has 0 bridgehead atoms. The maximum Gasteiger partial charge on any atom is 0.351 e. The molecule has 0 saturated heterocycles. The monoisotopic (exact) mass is 353 g/mol. The van der Waals surface area contributed by atoms with E-state index in [1.54, 1.807) is 30.3 Å². The van der Waals surface area contributed by atoms with Gasteiger partial charge in [-0.1, -0.05) is 24.8 Å². The lowest BCUT2D eigenvalue weighted by Gasteiger charge is -2.20. The maximum absolute atomic E-state index is 12.9. The van der Waals surface area contributed by atoms with Crippen molar-refractivity contribution >= 4 is 24.0 Å². The van der Waals surface area contributed by atoms with Crippen LogP contribution in [0.3, 0.4) is 0 Å². The standard InChI is InChI=1S/C17H15N5O4/c1-4-10-5-7-11(8-6-10)22-15(24)13(19-21(3)17(22)26)12-9-18-20(2)16(25)14(12)23/h4-9,12H,1H2,2-3H3. The van der Waals surface area contributed by atoms with Gasteiger partial charge in [0, 0.05) is 20.3 Å². The summed E-state index contributed by atoms with van der Waals surface area (Å²) in [5.74, 6) is -2.93. The highest BCUT2D eigenvalue weighted by Crippen LogP contribution is 2.15. The lowest BCUT2D eigenvalue weighted by molar-refractivity contribution is -0.144. The average molecular weight is 353 g/mol. The topological polar surface area (TPSA) is 107 Å². The van der Waals surface area contributed by atoms with Gasteiger partial charge >= 0.3 is 11.6 Å². The van der Waals surface area contributed by atoms with Crippen LogP contribution >= 0.6 is 0 Å². The number of likely N-dealkylation sites (N-methyl/N-ethyl adjacent to an activating group) is 1. The minimum atomic E-state index is -1.24. The molecule has 9 heteroatoms. The number of aromatic nitrogens is 3. The Kier molecular flexibility index (Phi) is 4.21. The van der Waals surface area contributed by atoms with Gasteiger partial charge in [0.05, 0.1) is 5.69 Å². The van der Waals surface area contributed by atoms with Crippen molar-refractivity contribution in [2.75, 3.05) is 7.05 Å². The van der Waals surface area contributed by atoms with Gasteiger partial charge in [-0.2, -0.15) is 10.2 Å². The Bertz CT molecular complexity index is 1060. The fourth-order valence-corrected chi connectivity index (χ4v) is 2.55. The molecule has 0 spiro atoms. The van der Waals surface area contributed by atoms with Crippen molar-refractivity contribution in [1.29, 1.82) is 0 Å². The van der Waals surface area contributed by atoms with E-state index in [1.807, 2.05) is 0 Å². The smallest absolute Gasteiger partial charge is 0.287 e. The molecule has 0 aliphatic carbocycles. The average Bonchev–Trinajstić information content (AvgIpc) is 2.64. The minimum Gasteiger partial charge on any atom is -0.287 e. The lowest BCUT2D eigenvalue weighted by atomic mass is 10.00. The summed E-state index contributed by atoms with van der Waals surface area (Å²) in [5, 5.41) is 8.57. The van der Waals surface area contributed by atoms with Gasteiger partial charge < -0.3 is 0 Å². The number of amides is 1. The highest BCUT2D eigenvalue weighted by molar-refractivity contribution is 6.42. The third-order valence-corrected chi connectivity index (χ3v) is 4.01. The molecule has 1 unspecified atom stereocenters. The van der Waals surface area contributed by atoms with Crippen LogP contribution in [0.25, 0.3) is 11.8 Å². The summed E-state index contributed by atoms with van der Waals surface area (Å²) in [5.41, 5.74) is -0.560. The van der Waals surface area contributed by atoms with Gasteiger partial charge in [-0.25, -0.2) is 19.1 Å². The lowest BCUT2D eigenvalue weighted by Crippen LogP contribution is -2.46. The molecule has 132 valence electrons. The zero-order valence-corrected chi connectivity index (χ0v) is 14.1. The molecule has 1 aliphatic heterocycles. The number of nitrogens with zero attached hydrogens (tertiary/aromatic N) is 5. The van der Waals surface area contributed by atoms with E-state index in [0.29, 0.717) is 5.69 Å². The Labute approximate surface area is 147 Å². The molecule has 1 aliphatic rings. The number of Topliss-reactive ketones (excluding diaryl/α,β-unsaturated/α-hetero) is 1. The Hall–Kier alpha value is -3.62. The van der Waals surface area contributed by atoms with E-state index in [9.17, 15) is 19.2 Å². The largest absolute Gasteiger partial charge is 0.351 e. The van der Waals surface area contributed by atoms with Crippen LogP contribution in [0.1, 0.15) is 17.2 Å². The number of rotatable bonds is 3. The van der Waals surface area contributed by atoms with Crippen molar-refractivity contribution in [1.82, 2.24) is 19.4 Å². The van der Waals surface area contributed by atoms with Gasteiger partial charge in [0.15, 0.2) is 0 Å². The molecule has 26 heavy (non-hydrogen) atoms. The third-order valence-electron chi connectivity index (χ3n) is 4.01. The van der Waals surface area contributed by atoms with Crippen LogP contribution in [-0.2, 0) is 16.6 Å².